The molecule has 0 aliphatic carbocycles. The van der Waals surface area contributed by atoms with Gasteiger partial charge in [-0.15, -0.1) is 0 Å². The third kappa shape index (κ3) is 4.97. The predicted molar refractivity (Wildman–Crippen MR) is 121 cm³/mol. The van der Waals surface area contributed by atoms with E-state index in [0.29, 0.717) is 23.1 Å². The number of hydrogen-bond donors (Lipinski definition) is 1. The van der Waals surface area contributed by atoms with Crippen molar-refractivity contribution in [1.29, 1.82) is 0 Å². The summed E-state index contributed by atoms with van der Waals surface area (Å²) in [6, 6.07) is 13.7. The van der Waals surface area contributed by atoms with E-state index in [2.05, 4.69) is 48.4 Å². The molecule has 3 rings (SSSR count). The maximum absolute atomic E-state index is 12.8. The molecule has 1 aromatic heterocycles. The second-order valence-corrected chi connectivity index (χ2v) is 8.45. The summed E-state index contributed by atoms with van der Waals surface area (Å²) in [5, 5.41) is 3.32. The fourth-order valence-corrected chi connectivity index (χ4v) is 3.83. The number of carbonyl (C=O) groups is 1. The van der Waals surface area contributed by atoms with E-state index >= 15 is 0 Å². The van der Waals surface area contributed by atoms with Crippen LogP contribution in [0.3, 0.4) is 0 Å². The Hall–Kier alpha value is -2.93. The van der Waals surface area contributed by atoms with Crippen LogP contribution in [0.4, 0.5) is 5.69 Å². The zero-order valence-electron chi connectivity index (χ0n) is 17.9. The molecule has 0 fully saturated rings. The molecule has 1 amide bonds. The quantitative estimate of drug-likeness (QED) is 0.507. The fraction of sp³-hybridized carbons (Fsp3) is 0.304. The van der Waals surface area contributed by atoms with Gasteiger partial charge < -0.3 is 14.8 Å². The summed E-state index contributed by atoms with van der Waals surface area (Å²) in [7, 11) is 3.15. The molecular weight excluding hydrogens is 398 g/mol. The third-order valence-corrected chi connectivity index (χ3v) is 5.84. The average molecular weight is 426 g/mol. The number of amides is 1. The highest BCUT2D eigenvalue weighted by Gasteiger charge is 2.19. The number of hydrogen-bond acceptors (Lipinski definition) is 5. The molecule has 3 aromatic rings. The second kappa shape index (κ2) is 9.71. The van der Waals surface area contributed by atoms with E-state index in [0.717, 1.165) is 10.8 Å². The van der Waals surface area contributed by atoms with Crippen molar-refractivity contribution in [3.05, 3.63) is 60.4 Å². The first-order valence-electron chi connectivity index (χ1n) is 9.76. The Labute approximate surface area is 181 Å². The third-order valence-electron chi connectivity index (χ3n) is 4.76. The summed E-state index contributed by atoms with van der Waals surface area (Å²) in [4.78, 5) is 17.3. The van der Waals surface area contributed by atoms with Crippen molar-refractivity contribution >= 4 is 23.4 Å². The number of thioether (sulfide) groups is 1. The summed E-state index contributed by atoms with van der Waals surface area (Å²) < 4.78 is 12.6. The van der Waals surface area contributed by atoms with Gasteiger partial charge in [-0.25, -0.2) is 4.98 Å². The van der Waals surface area contributed by atoms with Crippen LogP contribution >= 0.6 is 11.8 Å². The lowest BCUT2D eigenvalue weighted by molar-refractivity contribution is -0.115. The van der Waals surface area contributed by atoms with Crippen LogP contribution in [0.2, 0.25) is 0 Å². The smallest absolute Gasteiger partial charge is 0.237 e. The zero-order chi connectivity index (χ0) is 21.7. The van der Waals surface area contributed by atoms with Crippen molar-refractivity contribution in [2.45, 2.75) is 37.1 Å². The molecule has 0 spiro atoms. The molecule has 0 radical (unpaired) electrons. The van der Waals surface area contributed by atoms with Gasteiger partial charge >= 0.3 is 0 Å². The Morgan fingerprint density at radius 2 is 1.80 bits per heavy atom. The van der Waals surface area contributed by atoms with Gasteiger partial charge in [0.05, 0.1) is 25.2 Å². The first kappa shape index (κ1) is 21.8. The number of nitrogens with zero attached hydrogens (tertiary/aromatic N) is 2. The van der Waals surface area contributed by atoms with Gasteiger partial charge in [-0.05, 0) is 42.7 Å². The van der Waals surface area contributed by atoms with E-state index in [1.807, 2.05) is 17.7 Å². The van der Waals surface area contributed by atoms with Crippen LogP contribution in [-0.2, 0) is 4.79 Å². The van der Waals surface area contributed by atoms with Gasteiger partial charge in [-0.2, -0.15) is 0 Å². The highest BCUT2D eigenvalue weighted by molar-refractivity contribution is 8.00. The summed E-state index contributed by atoms with van der Waals surface area (Å²) in [6.07, 6.45) is 3.65. The molecule has 1 atom stereocenters. The monoisotopic (exact) mass is 425 g/mol. The summed E-state index contributed by atoms with van der Waals surface area (Å²) in [6.45, 7) is 6.20. The Balaban J connectivity index is 1.73. The molecule has 0 saturated heterocycles. The number of anilines is 1. The number of rotatable bonds is 8. The molecule has 6 nitrogen and oxygen atoms in total. The molecule has 2 aromatic carbocycles. The van der Waals surface area contributed by atoms with Crippen molar-refractivity contribution in [3.63, 3.8) is 0 Å². The molecule has 158 valence electrons. The van der Waals surface area contributed by atoms with Crippen LogP contribution in [-0.4, -0.2) is 34.9 Å². The van der Waals surface area contributed by atoms with E-state index in [-0.39, 0.29) is 11.2 Å². The van der Waals surface area contributed by atoms with Gasteiger partial charge in [0, 0.05) is 24.1 Å². The lowest BCUT2D eigenvalue weighted by atomic mass is 10.0. The second-order valence-electron chi connectivity index (χ2n) is 7.14. The van der Waals surface area contributed by atoms with Crippen molar-refractivity contribution < 1.29 is 14.3 Å². The van der Waals surface area contributed by atoms with Gasteiger partial charge in [0.25, 0.3) is 0 Å². The number of carbonyl (C=O) groups excluding carboxylic acids is 1. The van der Waals surface area contributed by atoms with Gasteiger partial charge in [0.15, 0.2) is 5.16 Å². The van der Waals surface area contributed by atoms with E-state index in [1.54, 1.807) is 38.6 Å². The maximum atomic E-state index is 12.8. The maximum Gasteiger partial charge on any atom is 0.237 e. The Morgan fingerprint density at radius 3 is 2.43 bits per heavy atom. The predicted octanol–water partition coefficient (Wildman–Crippen LogP) is 5.13. The lowest BCUT2D eigenvalue weighted by Crippen LogP contribution is -2.23. The first-order valence-corrected chi connectivity index (χ1v) is 10.6. The highest BCUT2D eigenvalue weighted by Crippen LogP contribution is 2.31. The zero-order valence-corrected chi connectivity index (χ0v) is 18.7. The topological polar surface area (TPSA) is 65.4 Å². The van der Waals surface area contributed by atoms with Crippen LogP contribution in [0.15, 0.2) is 60.0 Å². The van der Waals surface area contributed by atoms with Crippen LogP contribution in [0, 0.1) is 0 Å². The summed E-state index contributed by atoms with van der Waals surface area (Å²) >= 11 is 1.40. The molecule has 1 heterocycles. The van der Waals surface area contributed by atoms with Gasteiger partial charge in [-0.3, -0.25) is 9.36 Å². The number of benzene rings is 2. The van der Waals surface area contributed by atoms with Gasteiger partial charge in [0.1, 0.15) is 11.5 Å². The van der Waals surface area contributed by atoms with E-state index < -0.39 is 0 Å². The Bertz CT molecular complexity index is 999. The molecule has 1 N–H and O–H groups in total. The number of nitrogens with one attached hydrogen (secondary N) is 1. The normalized spacial score (nSPS) is 11.9. The van der Waals surface area contributed by atoms with Crippen LogP contribution < -0.4 is 14.8 Å². The molecule has 0 saturated carbocycles. The molecule has 0 bridgehead atoms. The highest BCUT2D eigenvalue weighted by atomic mass is 32.2. The van der Waals surface area contributed by atoms with E-state index in [9.17, 15) is 4.79 Å². The van der Waals surface area contributed by atoms with Gasteiger partial charge in [-0.1, -0.05) is 37.7 Å². The molecule has 0 aliphatic heterocycles. The summed E-state index contributed by atoms with van der Waals surface area (Å²) in [5.74, 6) is 1.56. The van der Waals surface area contributed by atoms with Crippen LogP contribution in [0.1, 0.15) is 32.3 Å². The first-order chi connectivity index (χ1) is 14.4. The Kier molecular flexibility index (Phi) is 7.05. The minimum absolute atomic E-state index is 0.142. The largest absolute Gasteiger partial charge is 0.497 e. The average Bonchev–Trinajstić information content (AvgIpc) is 3.21. The molecule has 7 heteroatoms. The molecule has 1 unspecified atom stereocenters. The number of methoxy groups -OCH3 is 2. The minimum atomic E-state index is -0.364. The van der Waals surface area contributed by atoms with Crippen molar-refractivity contribution in [1.82, 2.24) is 9.55 Å². The number of aromatic nitrogens is 2. The molecule has 0 aliphatic rings. The van der Waals surface area contributed by atoms with Crippen molar-refractivity contribution in [3.8, 4) is 17.2 Å². The van der Waals surface area contributed by atoms with Crippen molar-refractivity contribution in [2.75, 3.05) is 19.5 Å². The van der Waals surface area contributed by atoms with Gasteiger partial charge in [0.2, 0.25) is 5.91 Å². The van der Waals surface area contributed by atoms with Crippen LogP contribution in [0.5, 0.6) is 11.5 Å². The minimum Gasteiger partial charge on any atom is -0.497 e. The number of imidazole rings is 1. The summed E-state index contributed by atoms with van der Waals surface area (Å²) in [5.41, 5.74) is 2.87. The lowest BCUT2D eigenvalue weighted by Gasteiger charge is -2.16. The van der Waals surface area contributed by atoms with Crippen molar-refractivity contribution in [2.24, 2.45) is 0 Å². The number of ether oxygens (including phenoxy) is 2. The Morgan fingerprint density at radius 1 is 1.07 bits per heavy atom. The standard InChI is InChI=1S/C23H27N3O3S/c1-15(2)17-6-8-18(9-7-17)26-13-12-24-23(26)30-16(3)22(27)25-20-14-19(28-4)10-11-21(20)29-5/h6-16H,1-5H3,(H,25,27). The van der Waals surface area contributed by atoms with E-state index in [4.69, 9.17) is 9.47 Å². The fourth-order valence-electron chi connectivity index (χ4n) is 2.95. The SMILES string of the molecule is COc1ccc(OC)c(NC(=O)C(C)Sc2nccn2-c2ccc(C(C)C)cc2)c1. The van der Waals surface area contributed by atoms with Crippen LogP contribution in [0.25, 0.3) is 5.69 Å². The molecular formula is C23H27N3O3S. The molecule has 30 heavy (non-hydrogen) atoms. The van der Waals surface area contributed by atoms with E-state index in [1.165, 1.54) is 17.3 Å².